The number of anilines is 1. The van der Waals surface area contributed by atoms with Gasteiger partial charge < -0.3 is 14.8 Å². The molecule has 2 heterocycles. The Hall–Kier alpha value is -2.92. The van der Waals surface area contributed by atoms with Gasteiger partial charge in [-0.1, -0.05) is 0 Å². The molecule has 1 unspecified atom stereocenters. The van der Waals surface area contributed by atoms with Crippen molar-refractivity contribution in [3.63, 3.8) is 0 Å². The lowest BCUT2D eigenvalue weighted by molar-refractivity contribution is -0.274. The molecule has 11 heteroatoms. The van der Waals surface area contributed by atoms with Crippen molar-refractivity contribution in [1.82, 2.24) is 4.98 Å². The zero-order valence-corrected chi connectivity index (χ0v) is 16.4. The maximum Gasteiger partial charge on any atom is 0.573 e. The molecule has 0 spiro atoms. The summed E-state index contributed by atoms with van der Waals surface area (Å²) in [6.07, 6.45) is -5.94. The number of halogens is 3. The molecule has 3 aromatic rings. The predicted octanol–water partition coefficient (Wildman–Crippen LogP) is 4.95. The van der Waals surface area contributed by atoms with Crippen LogP contribution in [-0.2, 0) is 9.53 Å². The fourth-order valence-corrected chi connectivity index (χ4v) is 3.65. The Morgan fingerprint density at radius 3 is 2.48 bits per heavy atom. The molecule has 29 heavy (non-hydrogen) atoms. The van der Waals surface area contributed by atoms with Gasteiger partial charge in [-0.3, -0.25) is 4.79 Å². The highest BCUT2D eigenvalue weighted by Gasteiger charge is 2.31. The van der Waals surface area contributed by atoms with E-state index < -0.39 is 30.1 Å². The molecule has 0 saturated heterocycles. The molecular weight excluding hydrogens is 429 g/mol. The number of thiazole rings is 1. The number of ether oxygens (including phenoxy) is 2. The molecule has 0 aliphatic carbocycles. The van der Waals surface area contributed by atoms with Crippen LogP contribution in [0.15, 0.2) is 46.5 Å². The lowest BCUT2D eigenvalue weighted by Gasteiger charge is -2.13. The van der Waals surface area contributed by atoms with E-state index in [0.717, 1.165) is 17.7 Å². The van der Waals surface area contributed by atoms with E-state index >= 15 is 0 Å². The summed E-state index contributed by atoms with van der Waals surface area (Å²) < 4.78 is 45.3. The lowest BCUT2D eigenvalue weighted by atomic mass is 10.3. The monoisotopic (exact) mass is 442 g/mol. The van der Waals surface area contributed by atoms with Crippen molar-refractivity contribution < 1.29 is 32.2 Å². The number of nitrogens with zero attached hydrogens (tertiary/aromatic N) is 1. The van der Waals surface area contributed by atoms with E-state index in [1.54, 1.807) is 5.38 Å². The largest absolute Gasteiger partial charge is 0.573 e. The van der Waals surface area contributed by atoms with Gasteiger partial charge in [0.15, 0.2) is 11.8 Å². The van der Waals surface area contributed by atoms with Gasteiger partial charge in [0, 0.05) is 22.0 Å². The summed E-state index contributed by atoms with van der Waals surface area (Å²) in [5.41, 5.74) is 1.20. The molecule has 3 rings (SSSR count). The highest BCUT2D eigenvalue weighted by atomic mass is 32.1. The van der Waals surface area contributed by atoms with Crippen molar-refractivity contribution in [2.45, 2.75) is 19.4 Å². The number of benzene rings is 1. The summed E-state index contributed by atoms with van der Waals surface area (Å²) in [4.78, 5) is 28.6. The van der Waals surface area contributed by atoms with E-state index in [4.69, 9.17) is 4.74 Å². The lowest BCUT2D eigenvalue weighted by Crippen LogP contribution is -2.30. The Kier molecular flexibility index (Phi) is 6.18. The average molecular weight is 442 g/mol. The first-order valence-electron chi connectivity index (χ1n) is 8.07. The SMILES string of the molecule is CC(OC(=O)c1csc(-c2ccsc2)n1)C(=O)Nc1ccc(OC(F)(F)F)cc1. The van der Waals surface area contributed by atoms with Crippen LogP contribution in [0.25, 0.3) is 10.6 Å². The first-order valence-corrected chi connectivity index (χ1v) is 9.89. The minimum atomic E-state index is -4.80. The van der Waals surface area contributed by atoms with Crippen LogP contribution in [0.4, 0.5) is 18.9 Å². The fourth-order valence-electron chi connectivity index (χ4n) is 2.14. The van der Waals surface area contributed by atoms with Crippen molar-refractivity contribution in [2.75, 3.05) is 5.32 Å². The number of alkyl halides is 3. The maximum absolute atomic E-state index is 12.2. The molecular formula is C18H13F3N2O4S2. The van der Waals surface area contributed by atoms with Crippen LogP contribution in [-0.4, -0.2) is 29.3 Å². The Morgan fingerprint density at radius 1 is 1.14 bits per heavy atom. The number of nitrogens with one attached hydrogen (secondary N) is 1. The second-order valence-electron chi connectivity index (χ2n) is 5.66. The third-order valence-electron chi connectivity index (χ3n) is 3.49. The number of aromatic nitrogens is 1. The van der Waals surface area contributed by atoms with Crippen LogP contribution in [0.2, 0.25) is 0 Å². The van der Waals surface area contributed by atoms with Gasteiger partial charge >= 0.3 is 12.3 Å². The smallest absolute Gasteiger partial charge is 0.448 e. The van der Waals surface area contributed by atoms with Crippen molar-refractivity contribution >= 4 is 40.2 Å². The van der Waals surface area contributed by atoms with Gasteiger partial charge in [0.1, 0.15) is 10.8 Å². The minimum Gasteiger partial charge on any atom is -0.448 e. The van der Waals surface area contributed by atoms with Gasteiger partial charge in [0.25, 0.3) is 5.91 Å². The maximum atomic E-state index is 12.2. The van der Waals surface area contributed by atoms with Crippen molar-refractivity contribution in [2.24, 2.45) is 0 Å². The van der Waals surface area contributed by atoms with Crippen LogP contribution in [0.1, 0.15) is 17.4 Å². The molecule has 1 aromatic carbocycles. The van der Waals surface area contributed by atoms with E-state index in [9.17, 15) is 22.8 Å². The van der Waals surface area contributed by atoms with Crippen LogP contribution in [0, 0.1) is 0 Å². The number of carbonyl (C=O) groups excluding carboxylic acids is 2. The summed E-state index contributed by atoms with van der Waals surface area (Å²) in [6, 6.07) is 6.46. The summed E-state index contributed by atoms with van der Waals surface area (Å²) in [5, 5.41) is 8.44. The molecule has 1 N–H and O–H groups in total. The Labute approximate surface area is 170 Å². The molecule has 0 bridgehead atoms. The van der Waals surface area contributed by atoms with Gasteiger partial charge in [0.05, 0.1) is 0 Å². The van der Waals surface area contributed by atoms with Gasteiger partial charge in [-0.05, 0) is 42.6 Å². The quantitative estimate of drug-likeness (QED) is 0.547. The van der Waals surface area contributed by atoms with E-state index in [1.807, 2.05) is 16.8 Å². The molecule has 0 fully saturated rings. The molecule has 0 radical (unpaired) electrons. The molecule has 1 amide bonds. The molecule has 2 aromatic heterocycles. The Morgan fingerprint density at radius 2 is 1.86 bits per heavy atom. The highest BCUT2D eigenvalue weighted by molar-refractivity contribution is 7.14. The first-order chi connectivity index (χ1) is 13.7. The second-order valence-corrected chi connectivity index (χ2v) is 7.30. The van der Waals surface area contributed by atoms with Gasteiger partial charge in [-0.25, -0.2) is 9.78 Å². The molecule has 1 atom stereocenters. The number of hydrogen-bond donors (Lipinski definition) is 1. The molecule has 0 saturated carbocycles. The third-order valence-corrected chi connectivity index (χ3v) is 5.06. The van der Waals surface area contributed by atoms with Gasteiger partial charge in [-0.2, -0.15) is 11.3 Å². The molecule has 152 valence electrons. The molecule has 0 aliphatic heterocycles. The van der Waals surface area contributed by atoms with E-state index in [0.29, 0.717) is 5.01 Å². The second kappa shape index (κ2) is 8.62. The average Bonchev–Trinajstić information content (AvgIpc) is 3.33. The van der Waals surface area contributed by atoms with Gasteiger partial charge in [-0.15, -0.1) is 24.5 Å². The standard InChI is InChI=1S/C18H13F3N2O4S2/c1-10(15(24)22-12-2-4-13(5-3-12)27-18(19,20)21)26-17(25)14-9-29-16(23-14)11-6-7-28-8-11/h2-10H,1H3,(H,22,24). The van der Waals surface area contributed by atoms with Crippen LogP contribution in [0.5, 0.6) is 5.75 Å². The highest BCUT2D eigenvalue weighted by Crippen LogP contribution is 2.26. The Balaban J connectivity index is 1.55. The number of carbonyl (C=O) groups is 2. The van der Waals surface area contributed by atoms with Crippen molar-refractivity contribution in [3.05, 3.63) is 52.2 Å². The van der Waals surface area contributed by atoms with Gasteiger partial charge in [0.2, 0.25) is 0 Å². The van der Waals surface area contributed by atoms with Crippen molar-refractivity contribution in [3.8, 4) is 16.3 Å². The molecule has 6 nitrogen and oxygen atoms in total. The zero-order valence-electron chi connectivity index (χ0n) is 14.7. The number of esters is 1. The Bertz CT molecular complexity index is 985. The first kappa shape index (κ1) is 20.8. The van der Waals surface area contributed by atoms with Crippen LogP contribution in [0.3, 0.4) is 0 Å². The number of thiophene rings is 1. The number of amides is 1. The van der Waals surface area contributed by atoms with Crippen LogP contribution < -0.4 is 10.1 Å². The fraction of sp³-hybridized carbons (Fsp3) is 0.167. The summed E-state index contributed by atoms with van der Waals surface area (Å²) in [6.45, 7) is 1.38. The zero-order chi connectivity index (χ0) is 21.0. The number of rotatable bonds is 6. The summed E-state index contributed by atoms with van der Waals surface area (Å²) in [7, 11) is 0. The third kappa shape index (κ3) is 5.78. The normalized spacial score (nSPS) is 12.3. The summed E-state index contributed by atoms with van der Waals surface area (Å²) in [5.74, 6) is -1.81. The van der Waals surface area contributed by atoms with E-state index in [1.165, 1.54) is 41.7 Å². The van der Waals surface area contributed by atoms with E-state index in [2.05, 4.69) is 15.0 Å². The van der Waals surface area contributed by atoms with E-state index in [-0.39, 0.29) is 11.4 Å². The number of hydrogen-bond acceptors (Lipinski definition) is 7. The summed E-state index contributed by atoms with van der Waals surface area (Å²) >= 11 is 2.79. The molecule has 0 aliphatic rings. The topological polar surface area (TPSA) is 77.5 Å². The minimum absolute atomic E-state index is 0.0875. The van der Waals surface area contributed by atoms with Crippen molar-refractivity contribution in [1.29, 1.82) is 0 Å². The predicted molar refractivity (Wildman–Crippen MR) is 102 cm³/mol. The van der Waals surface area contributed by atoms with Crippen LogP contribution >= 0.6 is 22.7 Å².